The zero-order valence-corrected chi connectivity index (χ0v) is 11.4. The number of nitrogens with two attached hydrogens (primary N) is 1. The van der Waals surface area contributed by atoms with Crippen LogP contribution in [0.2, 0.25) is 0 Å². The van der Waals surface area contributed by atoms with Crippen molar-refractivity contribution in [2.24, 2.45) is 5.73 Å². The third-order valence-corrected chi connectivity index (χ3v) is 4.91. The zero-order valence-electron chi connectivity index (χ0n) is 8.96. The average Bonchev–Trinajstić information content (AvgIpc) is 2.32. The largest absolute Gasteiger partial charge is 0.323 e. The molecule has 0 spiro atoms. The van der Waals surface area contributed by atoms with Crippen molar-refractivity contribution in [2.75, 3.05) is 5.75 Å². The molecule has 1 nitrogen and oxygen atoms in total. The number of hydrogen-bond acceptors (Lipinski definition) is 2. The van der Waals surface area contributed by atoms with Crippen molar-refractivity contribution >= 4 is 27.7 Å². The van der Waals surface area contributed by atoms with Crippen LogP contribution in [0.5, 0.6) is 0 Å². The van der Waals surface area contributed by atoms with Gasteiger partial charge in [-0.2, -0.15) is 11.8 Å². The summed E-state index contributed by atoms with van der Waals surface area (Å²) in [6, 6.07) is 4.80. The maximum absolute atomic E-state index is 13.7. The fourth-order valence-electron chi connectivity index (χ4n) is 2.02. The van der Waals surface area contributed by atoms with Crippen LogP contribution in [-0.2, 0) is 0 Å². The minimum atomic E-state index is -0.193. The first-order chi connectivity index (χ1) is 7.68. The molecule has 0 bridgehead atoms. The molecule has 1 saturated heterocycles. The molecule has 0 saturated carbocycles. The lowest BCUT2D eigenvalue weighted by Gasteiger charge is -2.27. The lowest BCUT2D eigenvalue weighted by atomic mass is 10.00. The summed E-state index contributed by atoms with van der Waals surface area (Å²) < 4.78 is 14.6. The molecule has 1 aliphatic heterocycles. The second kappa shape index (κ2) is 5.52. The molecule has 1 aromatic rings. The fraction of sp³-hybridized carbons (Fsp3) is 0.500. The van der Waals surface area contributed by atoms with Crippen LogP contribution in [0.1, 0.15) is 30.9 Å². The smallest absolute Gasteiger partial charge is 0.128 e. The van der Waals surface area contributed by atoms with Crippen LogP contribution < -0.4 is 5.73 Å². The van der Waals surface area contributed by atoms with E-state index in [1.54, 1.807) is 12.1 Å². The molecule has 0 aliphatic carbocycles. The van der Waals surface area contributed by atoms with Gasteiger partial charge in [0.2, 0.25) is 0 Å². The Hall–Kier alpha value is -0.0600. The van der Waals surface area contributed by atoms with Gasteiger partial charge in [-0.1, -0.05) is 22.4 Å². The molecule has 2 unspecified atom stereocenters. The first-order valence-corrected chi connectivity index (χ1v) is 7.35. The molecule has 0 aromatic heterocycles. The van der Waals surface area contributed by atoms with E-state index in [4.69, 9.17) is 5.73 Å². The highest BCUT2D eigenvalue weighted by atomic mass is 79.9. The molecule has 16 heavy (non-hydrogen) atoms. The third-order valence-electron chi connectivity index (χ3n) is 2.93. The van der Waals surface area contributed by atoms with Crippen molar-refractivity contribution in [1.82, 2.24) is 0 Å². The predicted octanol–water partition coefficient (Wildman–Crippen LogP) is 3.87. The summed E-state index contributed by atoms with van der Waals surface area (Å²) in [6.07, 6.45) is 3.56. The maximum atomic E-state index is 13.7. The van der Waals surface area contributed by atoms with Crippen LogP contribution >= 0.6 is 27.7 Å². The minimum absolute atomic E-state index is 0.192. The van der Waals surface area contributed by atoms with Crippen LogP contribution in [0, 0.1) is 5.82 Å². The Bertz CT molecular complexity index is 366. The van der Waals surface area contributed by atoms with E-state index < -0.39 is 0 Å². The molecule has 0 amide bonds. The van der Waals surface area contributed by atoms with Gasteiger partial charge in [0.25, 0.3) is 0 Å². The first kappa shape index (κ1) is 12.4. The van der Waals surface area contributed by atoms with Crippen molar-refractivity contribution in [3.63, 3.8) is 0 Å². The SMILES string of the molecule is NC(c1cc(Br)ccc1F)C1CCCCS1. The Morgan fingerprint density at radius 1 is 1.44 bits per heavy atom. The molecule has 0 radical (unpaired) electrons. The molecule has 1 aromatic carbocycles. The standard InChI is InChI=1S/C12H15BrFNS/c13-8-4-5-10(14)9(7-8)12(15)11-3-1-2-6-16-11/h4-5,7,11-12H,1-3,6,15H2. The Balaban J connectivity index is 2.18. The minimum Gasteiger partial charge on any atom is -0.323 e. The Labute approximate surface area is 108 Å². The summed E-state index contributed by atoms with van der Waals surface area (Å²) in [5, 5.41) is 0.359. The van der Waals surface area contributed by atoms with E-state index in [0.717, 1.165) is 16.6 Å². The lowest BCUT2D eigenvalue weighted by Crippen LogP contribution is -2.27. The highest BCUT2D eigenvalue weighted by Crippen LogP contribution is 2.34. The molecule has 2 rings (SSSR count). The molecular weight excluding hydrogens is 289 g/mol. The molecule has 2 atom stereocenters. The van der Waals surface area contributed by atoms with E-state index in [2.05, 4.69) is 15.9 Å². The van der Waals surface area contributed by atoms with Gasteiger partial charge in [0.15, 0.2) is 0 Å². The van der Waals surface area contributed by atoms with E-state index in [1.165, 1.54) is 18.9 Å². The van der Waals surface area contributed by atoms with Crippen LogP contribution in [0.3, 0.4) is 0 Å². The molecule has 1 aliphatic rings. The molecular formula is C12H15BrFNS. The van der Waals surface area contributed by atoms with Crippen LogP contribution in [0.25, 0.3) is 0 Å². The zero-order chi connectivity index (χ0) is 11.5. The van der Waals surface area contributed by atoms with Gasteiger partial charge in [0.05, 0.1) is 0 Å². The Morgan fingerprint density at radius 2 is 2.25 bits per heavy atom. The van der Waals surface area contributed by atoms with E-state index in [-0.39, 0.29) is 11.9 Å². The van der Waals surface area contributed by atoms with Crippen molar-refractivity contribution in [3.8, 4) is 0 Å². The number of benzene rings is 1. The summed E-state index contributed by atoms with van der Waals surface area (Å²) in [5.74, 6) is 0.954. The van der Waals surface area contributed by atoms with Gasteiger partial charge in [0.1, 0.15) is 5.82 Å². The van der Waals surface area contributed by atoms with Crippen LogP contribution in [-0.4, -0.2) is 11.0 Å². The fourth-order valence-corrected chi connectivity index (χ4v) is 3.76. The van der Waals surface area contributed by atoms with Crippen LogP contribution in [0.15, 0.2) is 22.7 Å². The molecule has 1 fully saturated rings. The number of rotatable bonds is 2. The van der Waals surface area contributed by atoms with Gasteiger partial charge in [0, 0.05) is 21.3 Å². The second-order valence-electron chi connectivity index (χ2n) is 4.10. The summed E-state index contributed by atoms with van der Waals surface area (Å²) in [5.41, 5.74) is 6.79. The topological polar surface area (TPSA) is 26.0 Å². The molecule has 1 heterocycles. The van der Waals surface area contributed by atoms with E-state index in [9.17, 15) is 4.39 Å². The maximum Gasteiger partial charge on any atom is 0.128 e. The van der Waals surface area contributed by atoms with Gasteiger partial charge in [-0.25, -0.2) is 4.39 Å². The summed E-state index contributed by atoms with van der Waals surface area (Å²) in [7, 11) is 0. The first-order valence-electron chi connectivity index (χ1n) is 5.50. The summed E-state index contributed by atoms with van der Waals surface area (Å²) in [4.78, 5) is 0. The van der Waals surface area contributed by atoms with Gasteiger partial charge in [-0.05, 0) is 36.8 Å². The van der Waals surface area contributed by atoms with Gasteiger partial charge < -0.3 is 5.73 Å². The summed E-state index contributed by atoms with van der Waals surface area (Å²) in [6.45, 7) is 0. The van der Waals surface area contributed by atoms with E-state index in [0.29, 0.717) is 10.8 Å². The number of halogens is 2. The monoisotopic (exact) mass is 303 g/mol. The van der Waals surface area contributed by atoms with Crippen molar-refractivity contribution in [2.45, 2.75) is 30.6 Å². The predicted molar refractivity (Wildman–Crippen MR) is 71.1 cm³/mol. The Kier molecular flexibility index (Phi) is 4.27. The average molecular weight is 304 g/mol. The van der Waals surface area contributed by atoms with Gasteiger partial charge in [-0.3, -0.25) is 0 Å². The second-order valence-corrected chi connectivity index (χ2v) is 6.36. The highest BCUT2D eigenvalue weighted by molar-refractivity contribution is 9.10. The highest BCUT2D eigenvalue weighted by Gasteiger charge is 2.24. The molecule has 2 N–H and O–H groups in total. The normalized spacial score (nSPS) is 23.1. The lowest BCUT2D eigenvalue weighted by molar-refractivity contribution is 0.540. The van der Waals surface area contributed by atoms with E-state index >= 15 is 0 Å². The summed E-state index contributed by atoms with van der Waals surface area (Å²) >= 11 is 5.23. The Morgan fingerprint density at radius 3 is 2.94 bits per heavy atom. The van der Waals surface area contributed by atoms with Crippen molar-refractivity contribution < 1.29 is 4.39 Å². The van der Waals surface area contributed by atoms with Crippen molar-refractivity contribution in [1.29, 1.82) is 0 Å². The van der Waals surface area contributed by atoms with Gasteiger partial charge in [-0.15, -0.1) is 0 Å². The third kappa shape index (κ3) is 2.79. The van der Waals surface area contributed by atoms with Gasteiger partial charge >= 0.3 is 0 Å². The molecule has 4 heteroatoms. The van der Waals surface area contributed by atoms with E-state index in [1.807, 2.05) is 11.8 Å². The number of hydrogen-bond donors (Lipinski definition) is 1. The molecule has 88 valence electrons. The quantitative estimate of drug-likeness (QED) is 0.897. The van der Waals surface area contributed by atoms with Crippen LogP contribution in [0.4, 0.5) is 4.39 Å². The van der Waals surface area contributed by atoms with Crippen molar-refractivity contribution in [3.05, 3.63) is 34.1 Å². The number of thioether (sulfide) groups is 1.